The third kappa shape index (κ3) is 3.39. The summed E-state index contributed by atoms with van der Waals surface area (Å²) in [6.07, 6.45) is 2.67. The van der Waals surface area contributed by atoms with Gasteiger partial charge >= 0.3 is 0 Å². The highest BCUT2D eigenvalue weighted by atomic mass is 35.5. The number of halogens is 2. The van der Waals surface area contributed by atoms with Crippen LogP contribution in [0.1, 0.15) is 0 Å². The Bertz CT molecular complexity index is 1620. The molecule has 2 aromatic carbocycles. The first-order valence-electron chi connectivity index (χ1n) is 10.4. The highest BCUT2D eigenvalue weighted by Crippen LogP contribution is 2.34. The lowest BCUT2D eigenvalue weighted by Gasteiger charge is -2.26. The van der Waals surface area contributed by atoms with Crippen molar-refractivity contribution >= 4 is 39.5 Å². The van der Waals surface area contributed by atoms with Crippen LogP contribution in [0.3, 0.4) is 0 Å². The van der Waals surface area contributed by atoms with Crippen LogP contribution in [0, 0.1) is 5.82 Å². The quantitative estimate of drug-likeness (QED) is 0.405. The monoisotopic (exact) mass is 478 g/mol. The number of rotatable bonds is 4. The number of benzene rings is 2. The first kappa shape index (κ1) is 20.4. The summed E-state index contributed by atoms with van der Waals surface area (Å²) in [5.74, 6) is 0.884. The van der Waals surface area contributed by atoms with E-state index in [9.17, 15) is 9.18 Å². The predicted molar refractivity (Wildman–Crippen MR) is 125 cm³/mol. The summed E-state index contributed by atoms with van der Waals surface area (Å²) in [6, 6.07) is 11.2. The predicted octanol–water partition coefficient (Wildman–Crippen LogP) is 3.70. The highest BCUT2D eigenvalue weighted by Gasteiger charge is 2.22. The molecule has 170 valence electrons. The molecular formula is C23H16ClFN6O3. The second-order valence-electron chi connectivity index (χ2n) is 7.70. The average molecular weight is 479 g/mol. The van der Waals surface area contributed by atoms with Crippen LogP contribution in [0.5, 0.6) is 11.5 Å². The molecule has 34 heavy (non-hydrogen) atoms. The normalized spacial score (nSPS) is 15.1. The van der Waals surface area contributed by atoms with Gasteiger partial charge in [0, 0.05) is 17.3 Å². The van der Waals surface area contributed by atoms with E-state index in [1.165, 1.54) is 22.9 Å². The van der Waals surface area contributed by atoms with Gasteiger partial charge in [-0.05, 0) is 24.3 Å². The summed E-state index contributed by atoms with van der Waals surface area (Å²) in [7, 11) is 0. The Labute approximate surface area is 196 Å². The Morgan fingerprint density at radius 1 is 1.18 bits per heavy atom. The average Bonchev–Trinajstić information content (AvgIpc) is 3.34. The van der Waals surface area contributed by atoms with Crippen LogP contribution >= 0.6 is 11.6 Å². The molecule has 11 heteroatoms. The molecule has 3 aromatic heterocycles. The molecule has 0 saturated heterocycles. The highest BCUT2D eigenvalue weighted by molar-refractivity contribution is 6.30. The largest absolute Gasteiger partial charge is 0.486 e. The number of pyridine rings is 1. The van der Waals surface area contributed by atoms with Crippen molar-refractivity contribution in [2.45, 2.75) is 6.10 Å². The van der Waals surface area contributed by atoms with Gasteiger partial charge in [-0.2, -0.15) is 10.1 Å². The van der Waals surface area contributed by atoms with Crippen LogP contribution in [0.25, 0.3) is 27.6 Å². The Kier molecular flexibility index (Phi) is 4.80. The molecule has 4 heterocycles. The van der Waals surface area contributed by atoms with Crippen LogP contribution in [0.15, 0.2) is 59.7 Å². The van der Waals surface area contributed by atoms with Crippen LogP contribution in [-0.4, -0.2) is 44.0 Å². The van der Waals surface area contributed by atoms with E-state index in [1.807, 2.05) is 0 Å². The number of nitrogens with zero attached hydrogens (tertiary/aromatic N) is 4. The molecule has 9 nitrogen and oxygen atoms in total. The topological polar surface area (TPSA) is 107 Å². The van der Waals surface area contributed by atoms with Crippen molar-refractivity contribution in [3.63, 3.8) is 0 Å². The van der Waals surface area contributed by atoms with Gasteiger partial charge in [0.2, 0.25) is 5.95 Å². The number of hydrogen-bond donors (Lipinski definition) is 2. The lowest BCUT2D eigenvalue weighted by atomic mass is 10.2. The smallest absolute Gasteiger partial charge is 0.267 e. The van der Waals surface area contributed by atoms with Gasteiger partial charge < -0.3 is 14.8 Å². The first-order valence-corrected chi connectivity index (χ1v) is 10.8. The van der Waals surface area contributed by atoms with Crippen molar-refractivity contribution in [1.82, 2.24) is 24.7 Å². The number of fused-ring (bicyclic) bond motifs is 4. The van der Waals surface area contributed by atoms with Gasteiger partial charge in [-0.3, -0.25) is 14.5 Å². The van der Waals surface area contributed by atoms with Crippen molar-refractivity contribution < 1.29 is 13.9 Å². The van der Waals surface area contributed by atoms with E-state index in [0.717, 1.165) is 0 Å². The molecular weight excluding hydrogens is 463 g/mol. The van der Waals surface area contributed by atoms with Gasteiger partial charge in [-0.25, -0.2) is 9.37 Å². The van der Waals surface area contributed by atoms with Crippen molar-refractivity contribution in [2.75, 3.05) is 18.5 Å². The fourth-order valence-electron chi connectivity index (χ4n) is 3.93. The second-order valence-corrected chi connectivity index (χ2v) is 8.14. The standard InChI is InChI=1S/C23H16ClFN6O3/c24-12-5-6-18-19(7-12)33-11-13(34-18)8-26-23-27-9-14-20-15(10-28-30-20)22(32)31(21(14)29-23)17-4-2-1-3-16(17)25/h1-7,9-10,13H,8,11H2,(H,28,30)(H,26,27,29)/t13-/m0/s1. The van der Waals surface area contributed by atoms with E-state index in [2.05, 4.69) is 25.5 Å². The molecule has 0 aliphatic carbocycles. The van der Waals surface area contributed by atoms with Gasteiger partial charge in [-0.15, -0.1) is 0 Å². The van der Waals surface area contributed by atoms with Crippen molar-refractivity contribution in [3.05, 3.63) is 76.1 Å². The summed E-state index contributed by atoms with van der Waals surface area (Å²) in [5, 5.41) is 11.3. The molecule has 5 aromatic rings. The Hall–Kier alpha value is -4.18. The molecule has 0 spiro atoms. The maximum atomic E-state index is 14.7. The van der Waals surface area contributed by atoms with Gasteiger partial charge in [-0.1, -0.05) is 23.7 Å². The fourth-order valence-corrected chi connectivity index (χ4v) is 4.09. The Morgan fingerprint density at radius 2 is 2.06 bits per heavy atom. The fraction of sp³-hybridized carbons (Fsp3) is 0.130. The molecule has 0 unspecified atom stereocenters. The molecule has 0 fully saturated rings. The third-order valence-electron chi connectivity index (χ3n) is 5.53. The number of para-hydroxylation sites is 1. The van der Waals surface area contributed by atoms with Crippen molar-refractivity contribution in [3.8, 4) is 17.2 Å². The zero-order valence-electron chi connectivity index (χ0n) is 17.5. The Morgan fingerprint density at radius 3 is 2.94 bits per heavy atom. The molecule has 0 saturated carbocycles. The van der Waals surface area contributed by atoms with Crippen LogP contribution in [-0.2, 0) is 0 Å². The number of anilines is 1. The minimum atomic E-state index is -0.548. The molecule has 1 aliphatic heterocycles. The molecule has 0 amide bonds. The molecule has 6 rings (SSSR count). The van der Waals surface area contributed by atoms with Gasteiger partial charge in [0.05, 0.1) is 34.7 Å². The number of aromatic nitrogens is 5. The summed E-state index contributed by atoms with van der Waals surface area (Å²) in [4.78, 5) is 22.1. The van der Waals surface area contributed by atoms with E-state index >= 15 is 0 Å². The van der Waals surface area contributed by atoms with Gasteiger partial charge in [0.25, 0.3) is 5.56 Å². The summed E-state index contributed by atoms with van der Waals surface area (Å²) < 4.78 is 27.6. The number of ether oxygens (including phenoxy) is 2. The minimum Gasteiger partial charge on any atom is -0.486 e. The maximum absolute atomic E-state index is 14.7. The second kappa shape index (κ2) is 7.99. The molecule has 0 bridgehead atoms. The summed E-state index contributed by atoms with van der Waals surface area (Å²) >= 11 is 5.99. The third-order valence-corrected chi connectivity index (χ3v) is 5.76. The zero-order valence-corrected chi connectivity index (χ0v) is 18.2. The van der Waals surface area contributed by atoms with E-state index in [0.29, 0.717) is 46.0 Å². The van der Waals surface area contributed by atoms with Crippen LogP contribution in [0.2, 0.25) is 5.02 Å². The lowest BCUT2D eigenvalue weighted by Crippen LogP contribution is -2.35. The molecule has 1 aliphatic rings. The lowest BCUT2D eigenvalue weighted by molar-refractivity contribution is 0.0996. The van der Waals surface area contributed by atoms with Gasteiger partial charge in [0.1, 0.15) is 18.5 Å². The maximum Gasteiger partial charge on any atom is 0.267 e. The van der Waals surface area contributed by atoms with E-state index in [4.69, 9.17) is 21.1 Å². The summed E-state index contributed by atoms with van der Waals surface area (Å²) in [6.45, 7) is 0.645. The van der Waals surface area contributed by atoms with Crippen molar-refractivity contribution in [2.24, 2.45) is 0 Å². The van der Waals surface area contributed by atoms with Crippen LogP contribution in [0.4, 0.5) is 10.3 Å². The van der Waals surface area contributed by atoms with E-state index < -0.39 is 11.4 Å². The number of hydrogen-bond acceptors (Lipinski definition) is 7. The SMILES string of the molecule is O=c1c2cn[nH]c2c2cnc(NC[C@H]3COc4cc(Cl)ccc4O3)nc2n1-c1ccccc1F. The van der Waals surface area contributed by atoms with E-state index in [1.54, 1.807) is 36.5 Å². The van der Waals surface area contributed by atoms with Gasteiger partial charge in [0.15, 0.2) is 17.1 Å². The van der Waals surface area contributed by atoms with Crippen LogP contribution < -0.4 is 20.3 Å². The number of aromatic amines is 1. The Balaban J connectivity index is 1.37. The molecule has 1 atom stereocenters. The minimum absolute atomic E-state index is 0.0875. The first-order chi connectivity index (χ1) is 16.6. The molecule has 2 N–H and O–H groups in total. The molecule has 0 radical (unpaired) electrons. The number of nitrogens with one attached hydrogen (secondary N) is 2. The van der Waals surface area contributed by atoms with Crippen molar-refractivity contribution in [1.29, 1.82) is 0 Å². The van der Waals surface area contributed by atoms with E-state index in [-0.39, 0.29) is 23.4 Å². The number of H-pyrrole nitrogens is 1. The summed E-state index contributed by atoms with van der Waals surface area (Å²) in [5.41, 5.74) is 0.374. The zero-order chi connectivity index (χ0) is 23.2.